The smallest absolute Gasteiger partial charge is 0.269 e. The van der Waals surface area contributed by atoms with E-state index in [1.165, 1.54) is 12.3 Å². The van der Waals surface area contributed by atoms with Crippen LogP contribution in [0.4, 0.5) is 0 Å². The van der Waals surface area contributed by atoms with Gasteiger partial charge in [0.05, 0.1) is 5.56 Å². The fourth-order valence-corrected chi connectivity index (χ4v) is 0.940. The van der Waals surface area contributed by atoms with Crippen molar-refractivity contribution in [2.45, 2.75) is 0 Å². The molecule has 0 aliphatic rings. The summed E-state index contributed by atoms with van der Waals surface area (Å²) in [5, 5.41) is 11.1. The fraction of sp³-hybridized carbons (Fsp3) is 0.222. The molecule has 0 bridgehead atoms. The predicted molar refractivity (Wildman–Crippen MR) is 52.0 cm³/mol. The van der Waals surface area contributed by atoms with E-state index in [1.807, 2.05) is 6.07 Å². The number of carbonyl (C=O) groups is 1. The maximum atomic E-state index is 11.3. The van der Waals surface area contributed by atoms with E-state index in [-0.39, 0.29) is 11.6 Å². The normalized spacial score (nSPS) is 9.14. The maximum Gasteiger partial charge on any atom is 0.269 e. The molecule has 0 atom stereocenters. The molecule has 0 aliphatic heterocycles. The van der Waals surface area contributed by atoms with E-state index in [0.717, 1.165) is 0 Å². The first-order chi connectivity index (χ1) is 6.77. The van der Waals surface area contributed by atoms with E-state index >= 15 is 0 Å². The van der Waals surface area contributed by atoms with E-state index in [4.69, 9.17) is 16.9 Å². The highest BCUT2D eigenvalue weighted by atomic mass is 35.5. The van der Waals surface area contributed by atoms with Gasteiger partial charge in [0, 0.05) is 18.6 Å². The second kappa shape index (κ2) is 5.20. The summed E-state index contributed by atoms with van der Waals surface area (Å²) in [6.45, 7) is 0.405. The Balaban J connectivity index is 2.68. The van der Waals surface area contributed by atoms with Crippen LogP contribution in [0.3, 0.4) is 0 Å². The molecule has 0 spiro atoms. The molecular weight excluding hydrogens is 202 g/mol. The first kappa shape index (κ1) is 10.5. The van der Waals surface area contributed by atoms with Crippen LogP contribution in [0.1, 0.15) is 16.1 Å². The molecule has 4 nitrogen and oxygen atoms in total. The Kier molecular flexibility index (Phi) is 3.89. The number of alkyl halides is 1. The summed E-state index contributed by atoms with van der Waals surface area (Å²) in [4.78, 5) is 15.1. The first-order valence-electron chi connectivity index (χ1n) is 3.98. The van der Waals surface area contributed by atoms with Gasteiger partial charge in [-0.1, -0.05) is 0 Å². The topological polar surface area (TPSA) is 65.8 Å². The summed E-state index contributed by atoms with van der Waals surface area (Å²) in [5.74, 6) is 0.0808. The third-order valence-electron chi connectivity index (χ3n) is 1.51. The van der Waals surface area contributed by atoms with E-state index in [1.54, 1.807) is 6.07 Å². The van der Waals surface area contributed by atoms with Crippen LogP contribution in [0.15, 0.2) is 18.3 Å². The molecule has 5 heteroatoms. The largest absolute Gasteiger partial charge is 0.350 e. The van der Waals surface area contributed by atoms with Gasteiger partial charge in [-0.2, -0.15) is 5.26 Å². The molecule has 1 aromatic heterocycles. The minimum Gasteiger partial charge on any atom is -0.350 e. The zero-order chi connectivity index (χ0) is 10.4. The van der Waals surface area contributed by atoms with E-state index in [2.05, 4.69) is 10.3 Å². The Morgan fingerprint density at radius 3 is 2.93 bits per heavy atom. The van der Waals surface area contributed by atoms with Gasteiger partial charge in [0.15, 0.2) is 0 Å². The van der Waals surface area contributed by atoms with Gasteiger partial charge in [-0.05, 0) is 12.1 Å². The highest BCUT2D eigenvalue weighted by molar-refractivity contribution is 6.18. The maximum absolute atomic E-state index is 11.3. The average molecular weight is 210 g/mol. The summed E-state index contributed by atoms with van der Waals surface area (Å²) in [5.41, 5.74) is 0.716. The molecule has 1 aromatic rings. The second-order valence-corrected chi connectivity index (χ2v) is 2.87. The Labute approximate surface area is 86.5 Å². The van der Waals surface area contributed by atoms with Gasteiger partial charge in [-0.15, -0.1) is 11.6 Å². The van der Waals surface area contributed by atoms with Crippen LogP contribution in [0.5, 0.6) is 0 Å². The third-order valence-corrected chi connectivity index (χ3v) is 1.69. The molecular formula is C9H8ClN3O. The molecule has 0 saturated carbocycles. The van der Waals surface area contributed by atoms with Crippen molar-refractivity contribution in [1.29, 1.82) is 5.26 Å². The molecule has 0 fully saturated rings. The van der Waals surface area contributed by atoms with Crippen LogP contribution in [-0.2, 0) is 0 Å². The molecule has 1 rings (SSSR count). The number of amides is 1. The lowest BCUT2D eigenvalue weighted by Crippen LogP contribution is -2.26. The van der Waals surface area contributed by atoms with Crippen molar-refractivity contribution < 1.29 is 4.79 Å². The SMILES string of the molecule is N#Cc1ccc(C(=O)NCCCl)nc1. The van der Waals surface area contributed by atoms with Crippen molar-refractivity contribution in [3.05, 3.63) is 29.6 Å². The standard InChI is InChI=1S/C9H8ClN3O/c10-3-4-12-9(14)8-2-1-7(5-11)6-13-8/h1-2,6H,3-4H2,(H,12,14). The number of hydrogen-bond donors (Lipinski definition) is 1. The molecule has 0 aliphatic carbocycles. The van der Waals surface area contributed by atoms with Gasteiger partial charge >= 0.3 is 0 Å². The molecule has 1 heterocycles. The van der Waals surface area contributed by atoms with Crippen LogP contribution >= 0.6 is 11.6 Å². The fourth-order valence-electron chi connectivity index (χ4n) is 0.846. The highest BCUT2D eigenvalue weighted by Gasteiger charge is 2.05. The van der Waals surface area contributed by atoms with Gasteiger partial charge in [0.2, 0.25) is 0 Å². The third kappa shape index (κ3) is 2.71. The van der Waals surface area contributed by atoms with Crippen molar-refractivity contribution >= 4 is 17.5 Å². The van der Waals surface area contributed by atoms with Gasteiger partial charge in [-0.3, -0.25) is 4.79 Å². The lowest BCUT2D eigenvalue weighted by Gasteiger charge is -2.01. The van der Waals surface area contributed by atoms with Crippen molar-refractivity contribution in [1.82, 2.24) is 10.3 Å². The van der Waals surface area contributed by atoms with Gasteiger partial charge in [-0.25, -0.2) is 4.98 Å². The number of nitriles is 1. The summed E-state index contributed by atoms with van der Waals surface area (Å²) in [6, 6.07) is 4.97. The van der Waals surface area contributed by atoms with Crippen molar-refractivity contribution in [3.8, 4) is 6.07 Å². The van der Waals surface area contributed by atoms with Crippen LogP contribution in [0.25, 0.3) is 0 Å². The molecule has 0 radical (unpaired) electrons. The summed E-state index contributed by atoms with van der Waals surface area (Å²) in [7, 11) is 0. The van der Waals surface area contributed by atoms with E-state index < -0.39 is 0 Å². The monoisotopic (exact) mass is 209 g/mol. The van der Waals surface area contributed by atoms with Gasteiger partial charge in [0.1, 0.15) is 11.8 Å². The summed E-state index contributed by atoms with van der Waals surface area (Å²) >= 11 is 5.40. The minimum atomic E-state index is -0.282. The molecule has 14 heavy (non-hydrogen) atoms. The molecule has 0 saturated heterocycles. The Hall–Kier alpha value is -1.60. The number of halogens is 1. The predicted octanol–water partition coefficient (Wildman–Crippen LogP) is 0.922. The Morgan fingerprint density at radius 2 is 2.43 bits per heavy atom. The molecule has 1 amide bonds. The zero-order valence-electron chi connectivity index (χ0n) is 7.33. The van der Waals surface area contributed by atoms with Crippen molar-refractivity contribution in [2.24, 2.45) is 0 Å². The summed E-state index contributed by atoms with van der Waals surface area (Å²) in [6.07, 6.45) is 1.36. The number of nitrogens with one attached hydrogen (secondary N) is 1. The zero-order valence-corrected chi connectivity index (χ0v) is 8.08. The quantitative estimate of drug-likeness (QED) is 0.753. The number of hydrogen-bond acceptors (Lipinski definition) is 3. The van der Waals surface area contributed by atoms with Crippen LogP contribution < -0.4 is 5.32 Å². The molecule has 0 aromatic carbocycles. The van der Waals surface area contributed by atoms with E-state index in [0.29, 0.717) is 18.0 Å². The number of carbonyl (C=O) groups excluding carboxylic acids is 1. The minimum absolute atomic E-state index is 0.282. The number of rotatable bonds is 3. The average Bonchev–Trinajstić information content (AvgIpc) is 2.26. The Morgan fingerprint density at radius 1 is 1.64 bits per heavy atom. The van der Waals surface area contributed by atoms with Crippen LogP contribution in [-0.4, -0.2) is 23.3 Å². The Bertz CT molecular complexity index is 355. The lowest BCUT2D eigenvalue weighted by atomic mass is 10.2. The number of nitrogens with zero attached hydrogens (tertiary/aromatic N) is 2. The molecule has 0 unspecified atom stereocenters. The summed E-state index contributed by atoms with van der Waals surface area (Å²) < 4.78 is 0. The van der Waals surface area contributed by atoms with E-state index in [9.17, 15) is 4.79 Å². The van der Waals surface area contributed by atoms with Crippen molar-refractivity contribution in [2.75, 3.05) is 12.4 Å². The lowest BCUT2D eigenvalue weighted by molar-refractivity contribution is 0.0951. The van der Waals surface area contributed by atoms with Crippen LogP contribution in [0, 0.1) is 11.3 Å². The highest BCUT2D eigenvalue weighted by Crippen LogP contribution is 1.98. The van der Waals surface area contributed by atoms with Crippen molar-refractivity contribution in [3.63, 3.8) is 0 Å². The molecule has 72 valence electrons. The number of pyridine rings is 1. The number of aromatic nitrogens is 1. The molecule has 1 N–H and O–H groups in total. The van der Waals surface area contributed by atoms with Gasteiger partial charge in [0.25, 0.3) is 5.91 Å². The van der Waals surface area contributed by atoms with Gasteiger partial charge < -0.3 is 5.32 Å². The second-order valence-electron chi connectivity index (χ2n) is 2.49. The first-order valence-corrected chi connectivity index (χ1v) is 4.51. The van der Waals surface area contributed by atoms with Crippen LogP contribution in [0.2, 0.25) is 0 Å².